The average Bonchev–Trinajstić information content (AvgIpc) is 1.55. The van der Waals surface area contributed by atoms with Gasteiger partial charge in [-0.1, -0.05) is 403 Å². The van der Waals surface area contributed by atoms with Crippen molar-refractivity contribution in [1.82, 2.24) is 29.9 Å². The van der Waals surface area contributed by atoms with Crippen molar-refractivity contribution in [2.75, 3.05) is 0 Å². The van der Waals surface area contributed by atoms with E-state index in [2.05, 4.69) is 340 Å². The van der Waals surface area contributed by atoms with Crippen LogP contribution in [-0.2, 0) is 10.8 Å². The van der Waals surface area contributed by atoms with Gasteiger partial charge in [0.2, 0.25) is 0 Å². The van der Waals surface area contributed by atoms with Crippen LogP contribution >= 0.6 is 0 Å². The lowest BCUT2D eigenvalue weighted by Gasteiger charge is -2.37. The topological polar surface area (TPSA) is 77.3 Å². The van der Waals surface area contributed by atoms with E-state index in [1.54, 1.807) is 5.56 Å². The second kappa shape index (κ2) is 30.9. The second-order valence-corrected chi connectivity index (χ2v) is 32.1. The highest BCUT2D eigenvalue weighted by Crippen LogP contribution is 2.61. The fourth-order valence-electron chi connectivity index (χ4n) is 19.7. The first-order valence-corrected chi connectivity index (χ1v) is 41.8. The lowest BCUT2D eigenvalue weighted by Crippen LogP contribution is -2.28. The molecule has 6 nitrogen and oxygen atoms in total. The second-order valence-electron chi connectivity index (χ2n) is 32.1. The monoisotopic (exact) mass is 1510 g/mol. The van der Waals surface area contributed by atoms with Crippen molar-refractivity contribution < 1.29 is 0 Å². The third kappa shape index (κ3) is 13.2. The van der Waals surface area contributed by atoms with Gasteiger partial charge in [0.1, 0.15) is 0 Å². The van der Waals surface area contributed by atoms with Crippen LogP contribution < -0.4 is 0 Å². The largest absolute Gasteiger partial charge is 0.208 e. The summed E-state index contributed by atoms with van der Waals surface area (Å²) in [6, 6.07) is 139. The van der Waals surface area contributed by atoms with Crippen LogP contribution in [0, 0.1) is 0 Å². The van der Waals surface area contributed by atoms with E-state index >= 15 is 0 Å². The highest BCUT2D eigenvalue weighted by Gasteiger charge is 2.47. The van der Waals surface area contributed by atoms with Crippen LogP contribution in [0.25, 0.3) is 179 Å². The molecule has 4 aliphatic carbocycles. The SMILES string of the molecule is c1ccc(-c2cccc(-c3nc(-c4ccccc4)nc(-c4ccc(-c5ccc(-c6cccc7c6C6(CCCCC6)c6ccccc6-7)c6ccccc56)cc4)n3)c2)cc1.c1ccc(-c2cccc(-c3nc(-c4ccccc4)nc(-c4cccc(-c5cccc(-c6ccc(-c7cccc8c7C7(CCCCC7)c7ccccc7-8)cc6)c5)c4)n3)c2)cc1. The zero-order chi connectivity index (χ0) is 78.4. The maximum atomic E-state index is 5.11. The van der Waals surface area contributed by atoms with Crippen molar-refractivity contribution in [2.45, 2.75) is 75.0 Å². The van der Waals surface area contributed by atoms with E-state index < -0.39 is 0 Å². The van der Waals surface area contributed by atoms with Gasteiger partial charge in [0.05, 0.1) is 0 Å². The quantitative estimate of drug-likeness (QED) is 0.114. The molecule has 4 aliphatic rings. The van der Waals surface area contributed by atoms with Gasteiger partial charge in [-0.15, -0.1) is 0 Å². The van der Waals surface area contributed by atoms with Gasteiger partial charge in [-0.2, -0.15) is 0 Å². The standard InChI is InChI=1S/C57H43N3.C55H41N3/c1-4-16-39(17-5-1)44-21-13-24-47(37-44)55-58-54(42-18-6-2-7-19-42)59-56(60-55)48-25-14-23-46(38-48)45-22-12-20-43(36-45)40-30-32-41(33-31-40)49-27-15-28-51-50-26-8-9-29-52(50)57(53(49)51)34-10-3-11-35-57;1-4-16-37(17-5-1)41-20-14-21-42(36-41)54-57-52(39-18-6-2-7-19-39)56-53(58-54)40-30-28-38(29-31-40)43-32-33-46(45-23-9-8-22-44(43)45)48-25-15-26-49-47-24-10-11-27-50(47)55(51(48)49)34-12-3-13-35-55/h1-2,4-9,12-33,36-38H,3,10-11,34-35H2;1-2,4-11,14-33,36H,3,12-13,34-35H2. The van der Waals surface area contributed by atoms with Gasteiger partial charge >= 0.3 is 0 Å². The number of benzene rings is 16. The van der Waals surface area contributed by atoms with E-state index in [4.69, 9.17) is 29.9 Å². The smallest absolute Gasteiger partial charge is 0.164 e. The summed E-state index contributed by atoms with van der Waals surface area (Å²) in [4.78, 5) is 30.3. The van der Waals surface area contributed by atoms with E-state index in [-0.39, 0.29) is 10.8 Å². The summed E-state index contributed by atoms with van der Waals surface area (Å²) in [6.45, 7) is 0. The Morgan fingerprint density at radius 3 is 0.822 bits per heavy atom. The molecule has 0 saturated heterocycles. The first kappa shape index (κ1) is 71.6. The molecule has 0 N–H and O–H groups in total. The van der Waals surface area contributed by atoms with Crippen LogP contribution in [0.3, 0.4) is 0 Å². The summed E-state index contributed by atoms with van der Waals surface area (Å²) < 4.78 is 0. The van der Waals surface area contributed by atoms with Gasteiger partial charge in [-0.25, -0.2) is 29.9 Å². The molecule has 0 bridgehead atoms. The minimum Gasteiger partial charge on any atom is -0.208 e. The first-order valence-electron chi connectivity index (χ1n) is 41.8. The molecule has 6 heteroatoms. The van der Waals surface area contributed by atoms with E-state index in [1.165, 1.54) is 153 Å². The van der Waals surface area contributed by atoms with Gasteiger partial charge in [0.15, 0.2) is 34.9 Å². The fourth-order valence-corrected chi connectivity index (χ4v) is 19.7. The highest BCUT2D eigenvalue weighted by atomic mass is 15.0. The first-order chi connectivity index (χ1) is 58.4. The molecule has 0 amide bonds. The Balaban J connectivity index is 0.000000147. The van der Waals surface area contributed by atoms with Gasteiger partial charge in [0.25, 0.3) is 0 Å². The number of fused-ring (bicyclic) bond motifs is 11. The van der Waals surface area contributed by atoms with Crippen molar-refractivity contribution in [3.8, 4) is 168 Å². The Morgan fingerprint density at radius 1 is 0.153 bits per heavy atom. The van der Waals surface area contributed by atoms with Gasteiger partial charge in [-0.05, 0) is 183 Å². The molecule has 2 aromatic heterocycles. The Bertz CT molecular complexity index is 6780. The maximum Gasteiger partial charge on any atom is 0.164 e. The molecule has 0 radical (unpaired) electrons. The number of hydrogen-bond acceptors (Lipinski definition) is 6. The summed E-state index contributed by atoms with van der Waals surface area (Å²) in [6.07, 6.45) is 12.7. The highest BCUT2D eigenvalue weighted by molar-refractivity contribution is 6.07. The molecule has 2 saturated carbocycles. The van der Waals surface area contributed by atoms with Crippen molar-refractivity contribution in [3.63, 3.8) is 0 Å². The minimum atomic E-state index is 0.0797. The summed E-state index contributed by atoms with van der Waals surface area (Å²) in [5.74, 6) is 3.89. The van der Waals surface area contributed by atoms with Crippen molar-refractivity contribution in [2.24, 2.45) is 0 Å². The van der Waals surface area contributed by atoms with E-state index in [0.29, 0.717) is 34.9 Å². The molecule has 18 aromatic rings. The lowest BCUT2D eigenvalue weighted by atomic mass is 9.66. The van der Waals surface area contributed by atoms with Crippen LogP contribution in [0.4, 0.5) is 0 Å². The minimum absolute atomic E-state index is 0.0797. The van der Waals surface area contributed by atoms with Crippen LogP contribution in [0.15, 0.2) is 388 Å². The molecule has 0 atom stereocenters. The van der Waals surface area contributed by atoms with Gasteiger partial charge in [0, 0.05) is 44.2 Å². The molecule has 16 aromatic carbocycles. The molecule has 118 heavy (non-hydrogen) atoms. The molecular formula is C112H84N6. The molecule has 2 spiro atoms. The number of nitrogens with zero attached hydrogens (tertiary/aromatic N) is 6. The van der Waals surface area contributed by atoms with Crippen molar-refractivity contribution in [3.05, 3.63) is 411 Å². The van der Waals surface area contributed by atoms with Gasteiger partial charge in [-0.3, -0.25) is 0 Å². The van der Waals surface area contributed by atoms with E-state index in [9.17, 15) is 0 Å². The number of rotatable bonds is 13. The average molecular weight is 1510 g/mol. The summed E-state index contributed by atoms with van der Waals surface area (Å²) in [5, 5.41) is 2.54. The molecule has 22 rings (SSSR count). The molecule has 0 aliphatic heterocycles. The fraction of sp³-hybridized carbons (Fsp3) is 0.107. The zero-order valence-electron chi connectivity index (χ0n) is 65.7. The van der Waals surface area contributed by atoms with Crippen LogP contribution in [0.2, 0.25) is 0 Å². The normalized spacial score (nSPS) is 13.9. The molecule has 2 heterocycles. The molecular weight excluding hydrogens is 1430 g/mol. The number of aromatic nitrogens is 6. The zero-order valence-corrected chi connectivity index (χ0v) is 65.7. The Kier molecular flexibility index (Phi) is 18.7. The summed E-state index contributed by atoms with van der Waals surface area (Å²) in [5.41, 5.74) is 34.6. The predicted octanol–water partition coefficient (Wildman–Crippen LogP) is 29.0. The van der Waals surface area contributed by atoms with Crippen LogP contribution in [-0.4, -0.2) is 29.9 Å². The number of hydrogen-bond donors (Lipinski definition) is 0. The Labute approximate surface area is 690 Å². The summed E-state index contributed by atoms with van der Waals surface area (Å²) >= 11 is 0. The third-order valence-corrected chi connectivity index (χ3v) is 25.3. The lowest BCUT2D eigenvalue weighted by molar-refractivity contribution is 0.353. The molecule has 562 valence electrons. The third-order valence-electron chi connectivity index (χ3n) is 25.3. The van der Waals surface area contributed by atoms with Crippen LogP contribution in [0.1, 0.15) is 86.5 Å². The van der Waals surface area contributed by atoms with E-state index in [1.807, 2.05) is 48.5 Å². The van der Waals surface area contributed by atoms with Crippen LogP contribution in [0.5, 0.6) is 0 Å². The maximum absolute atomic E-state index is 5.11. The van der Waals surface area contributed by atoms with Gasteiger partial charge < -0.3 is 0 Å². The van der Waals surface area contributed by atoms with Crippen molar-refractivity contribution >= 4 is 10.8 Å². The Hall–Kier alpha value is -14.2. The van der Waals surface area contributed by atoms with E-state index in [0.717, 1.165) is 72.3 Å². The van der Waals surface area contributed by atoms with Crippen molar-refractivity contribution in [1.29, 1.82) is 0 Å². The predicted molar refractivity (Wildman–Crippen MR) is 486 cm³/mol. The molecule has 2 fully saturated rings. The molecule has 0 unspecified atom stereocenters. The Morgan fingerprint density at radius 2 is 0.398 bits per heavy atom. The summed E-state index contributed by atoms with van der Waals surface area (Å²) in [7, 11) is 0.